The molecule has 0 aliphatic rings. The van der Waals surface area contributed by atoms with E-state index < -0.39 is 5.16 Å². The predicted octanol–water partition coefficient (Wildman–Crippen LogP) is 5.04. The summed E-state index contributed by atoms with van der Waals surface area (Å²) in [6.07, 6.45) is 4.62. The molecule has 0 spiro atoms. The molecule has 0 aliphatic heterocycles. The Kier molecular flexibility index (Phi) is 5.14. The Morgan fingerprint density at radius 2 is 1.48 bits per heavy atom. The van der Waals surface area contributed by atoms with Crippen LogP contribution >= 0.6 is 18.5 Å². The third kappa shape index (κ3) is 3.31. The number of hydrogen-bond donors (Lipinski definition) is 0. The standard InChI is InChI=1S/C21H25N2P2/c1-20(2,3)16-11-10-15(14-24)19(16)21(25,17-8-4-6-12-22-17)18-9-5-7-13-23-18/h4-13H,14,24-25H2,1-3H3/q-1. The highest BCUT2D eigenvalue weighted by molar-refractivity contribution is 7.19. The second-order valence-electron chi connectivity index (χ2n) is 7.34. The minimum atomic E-state index is -0.472. The topological polar surface area (TPSA) is 25.8 Å². The van der Waals surface area contributed by atoms with Gasteiger partial charge in [0.1, 0.15) is 0 Å². The highest BCUT2D eigenvalue weighted by Crippen LogP contribution is 2.49. The van der Waals surface area contributed by atoms with Crippen LogP contribution in [0.5, 0.6) is 0 Å². The van der Waals surface area contributed by atoms with Crippen LogP contribution in [0.15, 0.2) is 60.9 Å². The third-order valence-corrected chi connectivity index (χ3v) is 5.92. The number of nitrogens with zero attached hydrogens (tertiary/aromatic N) is 2. The lowest BCUT2D eigenvalue weighted by atomic mass is 9.79. The Morgan fingerprint density at radius 1 is 0.920 bits per heavy atom. The zero-order valence-corrected chi connectivity index (χ0v) is 17.3. The van der Waals surface area contributed by atoms with E-state index in [1.807, 2.05) is 36.7 Å². The largest absolute Gasteiger partial charge is 0.260 e. The van der Waals surface area contributed by atoms with Gasteiger partial charge in [-0.25, -0.2) is 6.07 Å². The van der Waals surface area contributed by atoms with E-state index >= 15 is 0 Å². The highest BCUT2D eigenvalue weighted by Gasteiger charge is 2.35. The van der Waals surface area contributed by atoms with E-state index in [9.17, 15) is 0 Å². The van der Waals surface area contributed by atoms with Gasteiger partial charge in [0.15, 0.2) is 0 Å². The van der Waals surface area contributed by atoms with Crippen LogP contribution < -0.4 is 0 Å². The van der Waals surface area contributed by atoms with Gasteiger partial charge in [-0.05, 0) is 24.3 Å². The molecule has 2 heterocycles. The molecule has 0 saturated heterocycles. The summed E-state index contributed by atoms with van der Waals surface area (Å²) in [5.74, 6) is 0. The van der Waals surface area contributed by atoms with Gasteiger partial charge in [-0.3, -0.25) is 9.97 Å². The monoisotopic (exact) mass is 367 g/mol. The molecule has 0 N–H and O–H groups in total. The van der Waals surface area contributed by atoms with Crippen LogP contribution in [0.25, 0.3) is 0 Å². The molecule has 0 amide bonds. The average molecular weight is 367 g/mol. The molecule has 2 aromatic heterocycles. The van der Waals surface area contributed by atoms with Crippen molar-refractivity contribution < 1.29 is 0 Å². The average Bonchev–Trinajstić information content (AvgIpc) is 3.07. The van der Waals surface area contributed by atoms with E-state index in [0.29, 0.717) is 0 Å². The summed E-state index contributed by atoms with van der Waals surface area (Å²) >= 11 is 0. The van der Waals surface area contributed by atoms with Crippen LogP contribution in [0.2, 0.25) is 0 Å². The van der Waals surface area contributed by atoms with Gasteiger partial charge < -0.3 is 0 Å². The minimum Gasteiger partial charge on any atom is -0.260 e. The molecule has 2 atom stereocenters. The van der Waals surface area contributed by atoms with Gasteiger partial charge in [-0.15, -0.1) is 29.6 Å². The van der Waals surface area contributed by atoms with Gasteiger partial charge >= 0.3 is 0 Å². The van der Waals surface area contributed by atoms with Crippen LogP contribution in [0.1, 0.15) is 48.8 Å². The highest BCUT2D eigenvalue weighted by atomic mass is 31.0. The summed E-state index contributed by atoms with van der Waals surface area (Å²) < 4.78 is 0. The Bertz CT molecular complexity index is 794. The van der Waals surface area contributed by atoms with E-state index in [0.717, 1.165) is 17.5 Å². The molecule has 2 unspecified atom stereocenters. The van der Waals surface area contributed by atoms with Crippen LogP contribution in [0.3, 0.4) is 0 Å². The summed E-state index contributed by atoms with van der Waals surface area (Å²) in [5, 5.41) is -0.472. The van der Waals surface area contributed by atoms with Crippen molar-refractivity contribution >= 4 is 18.5 Å². The summed E-state index contributed by atoms with van der Waals surface area (Å²) in [4.78, 5) is 9.43. The Balaban J connectivity index is 2.37. The lowest BCUT2D eigenvalue weighted by Crippen LogP contribution is -2.28. The van der Waals surface area contributed by atoms with Gasteiger partial charge in [-0.2, -0.15) is 11.6 Å². The zero-order chi connectivity index (χ0) is 18.1. The number of hydrogen-bond acceptors (Lipinski definition) is 2. The van der Waals surface area contributed by atoms with Crippen molar-refractivity contribution in [3.8, 4) is 0 Å². The van der Waals surface area contributed by atoms with Gasteiger partial charge in [0.25, 0.3) is 0 Å². The smallest absolute Gasteiger partial charge is 0.0712 e. The molecular formula is C21H25N2P2-. The lowest BCUT2D eigenvalue weighted by molar-refractivity contribution is 0.578. The molecule has 2 nitrogen and oxygen atoms in total. The molecule has 3 rings (SSSR count). The molecule has 0 saturated carbocycles. The molecule has 0 bridgehead atoms. The Labute approximate surface area is 155 Å². The van der Waals surface area contributed by atoms with E-state index in [1.54, 1.807) is 0 Å². The summed E-state index contributed by atoms with van der Waals surface area (Å²) in [6, 6.07) is 16.7. The number of pyridine rings is 2. The quantitative estimate of drug-likeness (QED) is 0.477. The maximum atomic E-state index is 4.71. The van der Waals surface area contributed by atoms with Crippen LogP contribution in [0, 0.1) is 0 Å². The van der Waals surface area contributed by atoms with Crippen molar-refractivity contribution in [2.24, 2.45) is 0 Å². The van der Waals surface area contributed by atoms with Crippen molar-refractivity contribution in [2.75, 3.05) is 0 Å². The van der Waals surface area contributed by atoms with Crippen molar-refractivity contribution in [2.45, 2.75) is 37.5 Å². The predicted molar refractivity (Wildman–Crippen MR) is 112 cm³/mol. The lowest BCUT2D eigenvalue weighted by Gasteiger charge is -2.39. The molecule has 4 heteroatoms. The zero-order valence-electron chi connectivity index (χ0n) is 15.0. The molecule has 1 aromatic carbocycles. The van der Waals surface area contributed by atoms with Gasteiger partial charge in [-0.1, -0.05) is 44.5 Å². The maximum Gasteiger partial charge on any atom is 0.0712 e. The van der Waals surface area contributed by atoms with Crippen LogP contribution in [0.4, 0.5) is 0 Å². The second kappa shape index (κ2) is 7.02. The fourth-order valence-corrected chi connectivity index (χ4v) is 4.39. The first kappa shape index (κ1) is 18.3. The first-order valence-corrected chi connectivity index (χ1v) is 9.90. The SMILES string of the molecule is CC(C)(C)c1cc[c-](CP)c1C(P)(c1ccccn1)c1ccccn1. The molecule has 0 aliphatic carbocycles. The second-order valence-corrected chi connectivity index (χ2v) is 8.61. The summed E-state index contributed by atoms with van der Waals surface area (Å²) in [7, 11) is 5.94. The van der Waals surface area contributed by atoms with E-state index in [-0.39, 0.29) is 5.41 Å². The van der Waals surface area contributed by atoms with Crippen molar-refractivity contribution in [1.82, 2.24) is 9.97 Å². The van der Waals surface area contributed by atoms with Gasteiger partial charge in [0.05, 0.1) is 16.5 Å². The molecule has 0 radical (unpaired) electrons. The van der Waals surface area contributed by atoms with Crippen LogP contribution in [-0.2, 0) is 16.7 Å². The fourth-order valence-electron chi connectivity index (χ4n) is 3.36. The van der Waals surface area contributed by atoms with E-state index in [1.165, 1.54) is 16.7 Å². The van der Waals surface area contributed by atoms with Crippen molar-refractivity contribution in [3.05, 3.63) is 89.0 Å². The normalized spacial score (nSPS) is 12.4. The van der Waals surface area contributed by atoms with E-state index in [2.05, 4.69) is 63.5 Å². The maximum absolute atomic E-state index is 4.71. The van der Waals surface area contributed by atoms with Crippen molar-refractivity contribution in [1.29, 1.82) is 0 Å². The van der Waals surface area contributed by atoms with Crippen LogP contribution in [-0.4, -0.2) is 9.97 Å². The fraction of sp³-hybridized carbons (Fsp3) is 0.286. The first-order chi connectivity index (χ1) is 11.9. The molecule has 3 aromatic rings. The summed E-state index contributed by atoms with van der Waals surface area (Å²) in [6.45, 7) is 6.79. The van der Waals surface area contributed by atoms with E-state index in [4.69, 9.17) is 9.97 Å². The van der Waals surface area contributed by atoms with Gasteiger partial charge in [0, 0.05) is 12.4 Å². The molecular weight excluding hydrogens is 342 g/mol. The Hall–Kier alpha value is -1.49. The Morgan fingerprint density at radius 3 is 1.88 bits per heavy atom. The molecule has 130 valence electrons. The molecule has 25 heavy (non-hydrogen) atoms. The summed E-state index contributed by atoms with van der Waals surface area (Å²) in [5.41, 5.74) is 6.00. The minimum absolute atomic E-state index is 0.0405. The van der Waals surface area contributed by atoms with Gasteiger partial charge in [0.2, 0.25) is 0 Å². The number of aromatic nitrogens is 2. The molecule has 0 fully saturated rings. The number of rotatable bonds is 4. The third-order valence-electron chi connectivity index (χ3n) is 4.60. The van der Waals surface area contributed by atoms with Crippen molar-refractivity contribution in [3.63, 3.8) is 0 Å². The first-order valence-electron chi connectivity index (χ1n) is 8.50.